The molecule has 2 heteroatoms. The molecule has 0 spiro atoms. The molecule has 2 aromatic carbocycles. The third-order valence-corrected chi connectivity index (χ3v) is 2.42. The molecule has 1 aromatic heterocycles. The molecular weight excluding hydrogens is 184 g/mol. The van der Waals surface area contributed by atoms with Crippen LogP contribution in [0.5, 0.6) is 0 Å². The summed E-state index contributed by atoms with van der Waals surface area (Å²) in [5.41, 5.74) is 2.19. The maximum Gasteiger partial charge on any atom is 0.0741 e. The van der Waals surface area contributed by atoms with E-state index in [-0.39, 0.29) is 0 Å². The van der Waals surface area contributed by atoms with E-state index in [2.05, 4.69) is 23.3 Å². The van der Waals surface area contributed by atoms with Gasteiger partial charge in [0.05, 0.1) is 17.4 Å². The molecule has 0 amide bonds. The predicted molar refractivity (Wildman–Crippen MR) is 59.9 cm³/mol. The van der Waals surface area contributed by atoms with Crippen molar-refractivity contribution >= 4 is 10.9 Å². The molecule has 2 nitrogen and oxygen atoms in total. The molecule has 0 aliphatic carbocycles. The van der Waals surface area contributed by atoms with Crippen molar-refractivity contribution in [3.8, 4) is 5.69 Å². The van der Waals surface area contributed by atoms with Crippen LogP contribution in [0.4, 0.5) is 0 Å². The van der Waals surface area contributed by atoms with Crippen LogP contribution in [-0.2, 0) is 0 Å². The SMILES string of the molecule is [c]1ccc(-n2ncc3ccccc32)cc1. The van der Waals surface area contributed by atoms with Crippen molar-refractivity contribution in [2.45, 2.75) is 0 Å². The predicted octanol–water partition coefficient (Wildman–Crippen LogP) is 2.83. The zero-order valence-corrected chi connectivity index (χ0v) is 8.09. The van der Waals surface area contributed by atoms with Gasteiger partial charge >= 0.3 is 0 Å². The summed E-state index contributed by atoms with van der Waals surface area (Å²) in [6, 6.07) is 19.0. The van der Waals surface area contributed by atoms with Crippen LogP contribution >= 0.6 is 0 Å². The molecule has 1 heterocycles. The highest BCUT2D eigenvalue weighted by Crippen LogP contribution is 2.16. The quantitative estimate of drug-likeness (QED) is 0.581. The Morgan fingerprint density at radius 1 is 1.00 bits per heavy atom. The monoisotopic (exact) mass is 193 g/mol. The Kier molecular flexibility index (Phi) is 1.78. The van der Waals surface area contributed by atoms with Crippen LogP contribution in [0.15, 0.2) is 54.7 Å². The number of nitrogens with zero attached hydrogens (tertiary/aromatic N) is 2. The fraction of sp³-hybridized carbons (Fsp3) is 0. The average Bonchev–Trinajstić information content (AvgIpc) is 2.74. The number of rotatable bonds is 1. The summed E-state index contributed by atoms with van der Waals surface area (Å²) in [7, 11) is 0. The molecule has 71 valence electrons. The Labute approximate surface area is 87.8 Å². The second-order valence-electron chi connectivity index (χ2n) is 3.37. The molecule has 0 aliphatic heterocycles. The zero-order valence-electron chi connectivity index (χ0n) is 8.09. The van der Waals surface area contributed by atoms with Gasteiger partial charge in [-0.15, -0.1) is 0 Å². The molecule has 0 fully saturated rings. The highest BCUT2D eigenvalue weighted by atomic mass is 15.3. The molecule has 0 aliphatic rings. The third kappa shape index (κ3) is 1.31. The van der Waals surface area contributed by atoms with Crippen molar-refractivity contribution in [1.82, 2.24) is 9.78 Å². The molecule has 0 N–H and O–H groups in total. The Morgan fingerprint density at radius 2 is 1.80 bits per heavy atom. The van der Waals surface area contributed by atoms with Gasteiger partial charge in [0.25, 0.3) is 0 Å². The average molecular weight is 193 g/mol. The van der Waals surface area contributed by atoms with Gasteiger partial charge in [0.1, 0.15) is 0 Å². The maximum absolute atomic E-state index is 4.37. The van der Waals surface area contributed by atoms with Crippen LogP contribution < -0.4 is 0 Å². The second-order valence-corrected chi connectivity index (χ2v) is 3.37. The minimum absolute atomic E-state index is 1.06. The fourth-order valence-corrected chi connectivity index (χ4v) is 1.70. The normalized spacial score (nSPS) is 10.7. The van der Waals surface area contributed by atoms with Crippen LogP contribution in [0.2, 0.25) is 0 Å². The lowest BCUT2D eigenvalue weighted by Crippen LogP contribution is -1.94. The van der Waals surface area contributed by atoms with Gasteiger partial charge in [-0.1, -0.05) is 30.3 Å². The van der Waals surface area contributed by atoms with E-state index in [1.165, 1.54) is 0 Å². The first-order chi connectivity index (χ1) is 7.45. The number of aromatic nitrogens is 2. The summed E-state index contributed by atoms with van der Waals surface area (Å²) < 4.78 is 1.93. The standard InChI is InChI=1S/C13H9N2/c1-2-7-12(8-3-1)15-13-9-5-4-6-11(13)10-14-15/h2-10H. The van der Waals surface area contributed by atoms with Gasteiger partial charge in [0.2, 0.25) is 0 Å². The molecule has 0 atom stereocenters. The van der Waals surface area contributed by atoms with E-state index in [9.17, 15) is 0 Å². The highest BCUT2D eigenvalue weighted by molar-refractivity contribution is 5.79. The van der Waals surface area contributed by atoms with E-state index < -0.39 is 0 Å². The molecule has 0 saturated heterocycles. The first-order valence-corrected chi connectivity index (χ1v) is 4.84. The molecular formula is C13H9N2. The molecule has 0 unspecified atom stereocenters. The summed E-state index contributed by atoms with van der Waals surface area (Å²) in [6.07, 6.45) is 1.88. The minimum atomic E-state index is 1.06. The molecule has 3 rings (SSSR count). The molecule has 3 aromatic rings. The number of benzene rings is 2. The van der Waals surface area contributed by atoms with Crippen LogP contribution in [0.1, 0.15) is 0 Å². The molecule has 15 heavy (non-hydrogen) atoms. The molecule has 1 radical (unpaired) electrons. The van der Waals surface area contributed by atoms with Gasteiger partial charge in [-0.05, 0) is 24.3 Å². The van der Waals surface area contributed by atoms with Crippen molar-refractivity contribution < 1.29 is 0 Å². The molecule has 0 saturated carbocycles. The number of para-hydroxylation sites is 1. The number of hydrogen-bond acceptors (Lipinski definition) is 1. The lowest BCUT2D eigenvalue weighted by atomic mass is 10.2. The first kappa shape index (κ1) is 8.24. The van der Waals surface area contributed by atoms with Crippen molar-refractivity contribution in [2.75, 3.05) is 0 Å². The van der Waals surface area contributed by atoms with Crippen LogP contribution in [0.25, 0.3) is 16.6 Å². The van der Waals surface area contributed by atoms with E-state index >= 15 is 0 Å². The smallest absolute Gasteiger partial charge is 0.0741 e. The fourth-order valence-electron chi connectivity index (χ4n) is 1.70. The summed E-state index contributed by atoms with van der Waals surface area (Å²) >= 11 is 0. The van der Waals surface area contributed by atoms with Crippen molar-refractivity contribution in [2.24, 2.45) is 0 Å². The van der Waals surface area contributed by atoms with Gasteiger partial charge in [0, 0.05) is 5.39 Å². The minimum Gasteiger partial charge on any atom is -0.233 e. The van der Waals surface area contributed by atoms with E-state index in [0.29, 0.717) is 0 Å². The highest BCUT2D eigenvalue weighted by Gasteiger charge is 2.02. The Bertz CT molecular complexity index is 582. The maximum atomic E-state index is 4.37. The van der Waals surface area contributed by atoms with Crippen molar-refractivity contribution in [3.63, 3.8) is 0 Å². The number of hydrogen-bond donors (Lipinski definition) is 0. The molecule has 0 bridgehead atoms. The van der Waals surface area contributed by atoms with E-state index in [4.69, 9.17) is 0 Å². The van der Waals surface area contributed by atoms with E-state index in [0.717, 1.165) is 16.6 Å². The lowest BCUT2D eigenvalue weighted by molar-refractivity contribution is 0.911. The van der Waals surface area contributed by atoms with Gasteiger partial charge in [-0.25, -0.2) is 4.68 Å². The van der Waals surface area contributed by atoms with E-state index in [1.807, 2.05) is 47.3 Å². The van der Waals surface area contributed by atoms with Crippen LogP contribution in [-0.4, -0.2) is 9.78 Å². The van der Waals surface area contributed by atoms with E-state index in [1.54, 1.807) is 0 Å². The lowest BCUT2D eigenvalue weighted by Gasteiger charge is -2.01. The van der Waals surface area contributed by atoms with Crippen LogP contribution in [0.3, 0.4) is 0 Å². The first-order valence-electron chi connectivity index (χ1n) is 4.84. The van der Waals surface area contributed by atoms with Gasteiger partial charge in [-0.3, -0.25) is 0 Å². The van der Waals surface area contributed by atoms with Crippen LogP contribution in [0, 0.1) is 6.07 Å². The Morgan fingerprint density at radius 3 is 2.67 bits per heavy atom. The van der Waals surface area contributed by atoms with Gasteiger partial charge in [-0.2, -0.15) is 5.10 Å². The zero-order chi connectivity index (χ0) is 10.1. The van der Waals surface area contributed by atoms with Crippen molar-refractivity contribution in [3.05, 3.63) is 60.8 Å². The summed E-state index contributed by atoms with van der Waals surface area (Å²) in [5, 5.41) is 5.53. The summed E-state index contributed by atoms with van der Waals surface area (Å²) in [4.78, 5) is 0. The largest absolute Gasteiger partial charge is 0.233 e. The Hall–Kier alpha value is -2.09. The Balaban J connectivity index is 2.28. The second kappa shape index (κ2) is 3.24. The van der Waals surface area contributed by atoms with Crippen molar-refractivity contribution in [1.29, 1.82) is 0 Å². The van der Waals surface area contributed by atoms with Gasteiger partial charge in [0.15, 0.2) is 0 Å². The van der Waals surface area contributed by atoms with Gasteiger partial charge < -0.3 is 0 Å². The summed E-state index contributed by atoms with van der Waals surface area (Å²) in [6.45, 7) is 0. The third-order valence-electron chi connectivity index (χ3n) is 2.42. The topological polar surface area (TPSA) is 17.8 Å². The number of fused-ring (bicyclic) bond motifs is 1. The summed E-state index contributed by atoms with van der Waals surface area (Å²) in [5.74, 6) is 0.